The summed E-state index contributed by atoms with van der Waals surface area (Å²) in [5.41, 5.74) is 11.5. The van der Waals surface area contributed by atoms with E-state index in [4.69, 9.17) is 25.7 Å². The molecule has 1 aliphatic rings. The van der Waals surface area contributed by atoms with E-state index in [9.17, 15) is 57.5 Å². The third-order valence-corrected chi connectivity index (χ3v) is 20.8. The average Bonchev–Trinajstić information content (AvgIpc) is 1.79. The molecule has 0 bridgehead atoms. The standard InChI is InChI=1S/C76H111IN14O15S/c1-13-47(6)63(58(104-11)43-60(93)91-40-23-30-57(91)64(105-12)48(7)66(95)86-56(71-81-39-41-107-71)42-49-24-16-14-17-25-49)90(10)72(100)62(46(4)5)88-73(101)76(8,9)89-75(103)106-44-50-31-33-52(34-32-50)83-68(97)55(29-22-38-82-74(79)102)85-70(99)61(45(2)3)87-69(98)54(84-67(96)51-26-18-15-19-27-51)28-20-21-37-80-59(92)36-35-53(78)65(77)94/h14-19,24-27,31-34,39,41,45-48,53-58,61-64H,13,20-23,28-30,35-38,40,42-44,78H2,1-12H3,(H,80,92)(H,83,97)(H,84,96)(H,85,99)(H,86,95)(H,87,98)(H,88,101)(H,89,103)(H3,79,82,102)/t47-,48+,53+,54-,55-,56-,57-,58+,61-,62-,63-,64+/m0/s1. The normalized spacial score (nSPS) is 16.0. The van der Waals surface area contributed by atoms with Gasteiger partial charge in [-0.1, -0.05) is 116 Å². The fourth-order valence-electron chi connectivity index (χ4n) is 12.7. The number of ether oxygens (including phenoxy) is 3. The number of nitrogens with zero attached hydrogens (tertiary/aromatic N) is 3. The lowest BCUT2D eigenvalue weighted by atomic mass is 9.89. The van der Waals surface area contributed by atoms with Gasteiger partial charge in [-0.05, 0) is 125 Å². The van der Waals surface area contributed by atoms with Crippen LogP contribution in [0.2, 0.25) is 0 Å². The highest BCUT2D eigenvalue weighted by Crippen LogP contribution is 2.31. The minimum atomic E-state index is -1.62. The Bertz CT molecular complexity index is 3560. The Morgan fingerprint density at radius 1 is 0.720 bits per heavy atom. The Labute approximate surface area is 645 Å². The molecule has 3 aromatic carbocycles. The van der Waals surface area contributed by atoms with E-state index in [1.54, 1.807) is 137 Å². The van der Waals surface area contributed by atoms with Gasteiger partial charge in [0.25, 0.3) is 5.91 Å². The third-order valence-electron chi connectivity index (χ3n) is 19.1. The van der Waals surface area contributed by atoms with E-state index in [0.29, 0.717) is 56.2 Å². The topological polar surface area (TPSA) is 412 Å². The number of amides is 12. The summed E-state index contributed by atoms with van der Waals surface area (Å²) in [6, 6.07) is 16.7. The van der Waals surface area contributed by atoms with Gasteiger partial charge in [-0.25, -0.2) is 14.6 Å². The van der Waals surface area contributed by atoms with Gasteiger partial charge in [0.05, 0.1) is 48.7 Å². The minimum Gasteiger partial charge on any atom is -0.445 e. The summed E-state index contributed by atoms with van der Waals surface area (Å²) in [6.07, 6.45) is 3.05. The predicted molar refractivity (Wildman–Crippen MR) is 415 cm³/mol. The van der Waals surface area contributed by atoms with Crippen LogP contribution in [-0.4, -0.2) is 185 Å². The van der Waals surface area contributed by atoms with Crippen LogP contribution < -0.4 is 59.3 Å². The average molecular weight is 1620 g/mol. The van der Waals surface area contributed by atoms with E-state index in [-0.39, 0.29) is 97.4 Å². The second-order valence-corrected chi connectivity index (χ2v) is 30.3. The van der Waals surface area contributed by atoms with Gasteiger partial charge in [0, 0.05) is 92.7 Å². The quantitative estimate of drug-likeness (QED) is 0.0128. The first kappa shape index (κ1) is 89.0. The number of likely N-dealkylation sites (tertiary alicyclic amines) is 1. The first-order valence-electron chi connectivity index (χ1n) is 36.5. The zero-order valence-electron chi connectivity index (χ0n) is 63.5. The van der Waals surface area contributed by atoms with Crippen molar-refractivity contribution in [3.63, 3.8) is 0 Å². The van der Waals surface area contributed by atoms with Gasteiger partial charge in [0.1, 0.15) is 41.3 Å². The van der Waals surface area contributed by atoms with Crippen molar-refractivity contribution in [1.29, 1.82) is 0 Å². The number of alkyl carbamates (subject to hydrolysis) is 1. The number of anilines is 1. The molecule has 0 radical (unpaired) electrons. The maximum Gasteiger partial charge on any atom is 0.408 e. The zero-order valence-corrected chi connectivity index (χ0v) is 66.5. The summed E-state index contributed by atoms with van der Waals surface area (Å²) < 4.78 is 17.5. The lowest BCUT2D eigenvalue weighted by molar-refractivity contribution is -0.148. The number of methoxy groups -OCH3 is 2. The van der Waals surface area contributed by atoms with Gasteiger partial charge in [0.15, 0.2) is 0 Å². The maximum absolute atomic E-state index is 14.8. The second-order valence-electron chi connectivity index (χ2n) is 28.3. The highest BCUT2D eigenvalue weighted by molar-refractivity contribution is 14.1. The summed E-state index contributed by atoms with van der Waals surface area (Å²) in [5.74, 6) is -6.25. The number of nitrogens with two attached hydrogens (primary N) is 2. The number of halogens is 1. The molecule has 13 N–H and O–H groups in total. The van der Waals surface area contributed by atoms with Crippen molar-refractivity contribution >= 4 is 109 Å². The van der Waals surface area contributed by atoms with Crippen molar-refractivity contribution in [1.82, 2.24) is 57.3 Å². The van der Waals surface area contributed by atoms with E-state index < -0.39 is 125 Å². The molecule has 4 aromatic rings. The van der Waals surface area contributed by atoms with Gasteiger partial charge in [-0.3, -0.25) is 47.9 Å². The molecule has 31 heteroatoms. The second kappa shape index (κ2) is 44.6. The van der Waals surface area contributed by atoms with Gasteiger partial charge in [0.2, 0.25) is 51.0 Å². The maximum atomic E-state index is 14.8. The van der Waals surface area contributed by atoms with Crippen LogP contribution in [0.5, 0.6) is 0 Å². The monoisotopic (exact) mass is 1620 g/mol. The molecule has 107 heavy (non-hydrogen) atoms. The van der Waals surface area contributed by atoms with Gasteiger partial charge in [-0.15, -0.1) is 11.3 Å². The van der Waals surface area contributed by atoms with E-state index in [1.807, 2.05) is 49.6 Å². The molecule has 0 aliphatic carbocycles. The SMILES string of the molecule is CC[C@H](C)[C@@H]([C@@H](CC(=O)N1CCC[C@H]1[C@H](OC)[C@@H](C)C(=O)N[C@@H](Cc1ccccc1)c1nccs1)OC)N(C)C(=O)[C@@H](NC(=O)C(C)(C)NC(=O)OCc1ccc(NC(=O)[C@H](CCCNC(N)=O)NC(=O)[C@@H](NC(=O)[C@H](CCCCNC(=O)CC[C@@H](N)C(=O)I)NC(=O)c2ccccc2)C(C)C)cc1)C(C)C. The number of hydrogen-bond acceptors (Lipinski definition) is 18. The lowest BCUT2D eigenvalue weighted by Gasteiger charge is -2.41. The Balaban J connectivity index is 1.18. The lowest BCUT2D eigenvalue weighted by Crippen LogP contribution is -2.62. The minimum absolute atomic E-state index is 0.0131. The largest absolute Gasteiger partial charge is 0.445 e. The first-order valence-corrected chi connectivity index (χ1v) is 38.5. The van der Waals surface area contributed by atoms with Crippen molar-refractivity contribution < 1.29 is 71.7 Å². The summed E-state index contributed by atoms with van der Waals surface area (Å²) in [7, 11) is 4.68. The van der Waals surface area contributed by atoms with Crippen LogP contribution in [0.25, 0.3) is 0 Å². The Kier molecular flexibility index (Phi) is 37.1. The molecule has 1 aromatic heterocycles. The highest BCUT2D eigenvalue weighted by atomic mass is 127. The summed E-state index contributed by atoms with van der Waals surface area (Å²) in [4.78, 5) is 170. The van der Waals surface area contributed by atoms with Crippen molar-refractivity contribution in [3.05, 3.63) is 118 Å². The number of benzene rings is 3. The number of carbonyl (C=O) groups is 12. The number of rotatable bonds is 44. The number of likely N-dealkylation sites (N-methyl/N-ethyl adjacent to an activating group) is 1. The molecule has 588 valence electrons. The molecule has 12 atom stereocenters. The molecule has 12 amide bonds. The van der Waals surface area contributed by atoms with Gasteiger partial charge < -0.3 is 83.3 Å². The molecule has 1 saturated heterocycles. The number of hydrogen-bond donors (Lipinski definition) is 11. The third kappa shape index (κ3) is 28.5. The Morgan fingerprint density at radius 3 is 1.95 bits per heavy atom. The first-order chi connectivity index (χ1) is 50.8. The zero-order chi connectivity index (χ0) is 79.1. The predicted octanol–water partition coefficient (Wildman–Crippen LogP) is 6.48. The van der Waals surface area contributed by atoms with Crippen molar-refractivity contribution in [3.8, 4) is 0 Å². The Morgan fingerprint density at radius 2 is 1.36 bits per heavy atom. The van der Waals surface area contributed by atoms with Gasteiger partial charge in [-0.2, -0.15) is 0 Å². The number of thiazole rings is 1. The van der Waals surface area contributed by atoms with E-state index in [2.05, 4.69) is 52.8 Å². The van der Waals surface area contributed by atoms with E-state index >= 15 is 0 Å². The number of unbranched alkanes of at least 4 members (excludes halogenated alkanes) is 1. The summed E-state index contributed by atoms with van der Waals surface area (Å²) in [5, 5.41) is 27.6. The smallest absolute Gasteiger partial charge is 0.408 e. The van der Waals surface area contributed by atoms with Gasteiger partial charge >= 0.3 is 12.1 Å². The number of aromatic nitrogens is 1. The Hall–Kier alpha value is -8.66. The number of carbonyl (C=O) groups excluding carboxylic acids is 12. The fraction of sp³-hybridized carbons (Fsp3) is 0.566. The highest BCUT2D eigenvalue weighted by Gasteiger charge is 2.44. The van der Waals surface area contributed by atoms with Crippen LogP contribution in [0.1, 0.15) is 165 Å². The van der Waals surface area contributed by atoms with Crippen molar-refractivity contribution in [2.45, 2.75) is 212 Å². The molecule has 0 saturated carbocycles. The molecule has 0 unspecified atom stereocenters. The number of urea groups is 1. The summed E-state index contributed by atoms with van der Waals surface area (Å²) >= 11 is 3.05. The molecule has 2 heterocycles. The van der Waals surface area contributed by atoms with Crippen molar-refractivity contribution in [2.75, 3.05) is 46.2 Å². The molecule has 29 nitrogen and oxygen atoms in total. The van der Waals surface area contributed by atoms with Crippen LogP contribution in [0, 0.1) is 23.7 Å². The van der Waals surface area contributed by atoms with Crippen LogP contribution >= 0.6 is 33.9 Å². The van der Waals surface area contributed by atoms with Crippen LogP contribution in [-0.2, 0) is 70.4 Å². The fourth-order valence-corrected chi connectivity index (χ4v) is 13.7. The van der Waals surface area contributed by atoms with Crippen LogP contribution in [0.15, 0.2) is 96.5 Å². The number of nitrogens with one attached hydrogen (secondary N) is 9. The molecule has 1 fully saturated rings. The summed E-state index contributed by atoms with van der Waals surface area (Å²) in [6.45, 7) is 16.1. The molecular formula is C76H111IN14O15S. The van der Waals surface area contributed by atoms with Crippen molar-refractivity contribution in [2.24, 2.45) is 35.1 Å². The van der Waals surface area contributed by atoms with Crippen LogP contribution in [0.4, 0.5) is 15.3 Å². The number of primary amides is 1. The van der Waals surface area contributed by atoms with E-state index in [1.165, 1.54) is 37.2 Å². The molecule has 5 rings (SSSR count). The van der Waals surface area contributed by atoms with E-state index in [0.717, 1.165) is 10.6 Å². The molecular weight excluding hydrogens is 1510 g/mol. The van der Waals surface area contributed by atoms with Crippen LogP contribution in [0.3, 0.4) is 0 Å². The molecule has 0 spiro atoms. The molecule has 1 aliphatic heterocycles.